The number of tetrazole rings is 1. The first kappa shape index (κ1) is 18.4. The number of aromatic nitrogens is 4. The van der Waals surface area contributed by atoms with Gasteiger partial charge in [-0.2, -0.15) is 22.5 Å². The minimum Gasteiger partial charge on any atom is -0.329 e. The van der Waals surface area contributed by atoms with E-state index in [1.165, 1.54) is 17.4 Å². The number of nitrogens with one attached hydrogen (secondary N) is 2. The molecule has 0 aliphatic rings. The Labute approximate surface area is 142 Å². The lowest BCUT2D eigenvalue weighted by Gasteiger charge is -2.08. The number of para-hydroxylation sites is 1. The van der Waals surface area contributed by atoms with Crippen molar-refractivity contribution in [1.82, 2.24) is 30.4 Å². The van der Waals surface area contributed by atoms with Crippen LogP contribution in [0.1, 0.15) is 0 Å². The summed E-state index contributed by atoms with van der Waals surface area (Å²) in [4.78, 5) is 34.9. The van der Waals surface area contributed by atoms with Crippen molar-refractivity contribution in [3.8, 4) is 5.69 Å². The molecular weight excluding hydrogens is 369 g/mol. The first-order chi connectivity index (χ1) is 11.7. The van der Waals surface area contributed by atoms with E-state index >= 15 is 0 Å². The standard InChI is InChI=1S/C12H10ClF3N6O3/c13-7-3-1-2-4-8(7)22-11(25)21(19-20-22)5-9(23)18-10(24)17-6-12(14,15)16/h1-4H,5-6H2,(H2,17,18,23,24). The van der Waals surface area contributed by atoms with E-state index in [0.717, 1.165) is 4.68 Å². The Balaban J connectivity index is 2.02. The van der Waals surface area contributed by atoms with E-state index in [4.69, 9.17) is 11.6 Å². The van der Waals surface area contributed by atoms with Crippen LogP contribution in [0, 0.1) is 0 Å². The number of nitrogens with zero attached hydrogens (tertiary/aromatic N) is 4. The van der Waals surface area contributed by atoms with E-state index in [0.29, 0.717) is 4.68 Å². The van der Waals surface area contributed by atoms with Crippen LogP contribution in [0.5, 0.6) is 0 Å². The summed E-state index contributed by atoms with van der Waals surface area (Å²) in [6.45, 7) is -2.32. The second kappa shape index (κ2) is 7.34. The monoisotopic (exact) mass is 378 g/mol. The van der Waals surface area contributed by atoms with Crippen LogP contribution in [0.2, 0.25) is 5.02 Å². The first-order valence-electron chi connectivity index (χ1n) is 6.59. The molecule has 13 heteroatoms. The van der Waals surface area contributed by atoms with Crippen LogP contribution in [0.15, 0.2) is 29.1 Å². The van der Waals surface area contributed by atoms with E-state index in [9.17, 15) is 27.6 Å². The fraction of sp³-hybridized carbons (Fsp3) is 0.250. The van der Waals surface area contributed by atoms with E-state index < -0.39 is 36.9 Å². The lowest BCUT2D eigenvalue weighted by atomic mass is 10.3. The molecule has 0 fully saturated rings. The van der Waals surface area contributed by atoms with Gasteiger partial charge in [-0.05, 0) is 22.6 Å². The molecule has 0 aliphatic carbocycles. The van der Waals surface area contributed by atoms with Crippen LogP contribution >= 0.6 is 11.6 Å². The van der Waals surface area contributed by atoms with Crippen molar-refractivity contribution in [2.75, 3.05) is 6.54 Å². The zero-order valence-electron chi connectivity index (χ0n) is 12.2. The third-order valence-corrected chi connectivity index (χ3v) is 3.04. The van der Waals surface area contributed by atoms with Gasteiger partial charge in [0.25, 0.3) is 0 Å². The highest BCUT2D eigenvalue weighted by molar-refractivity contribution is 6.32. The van der Waals surface area contributed by atoms with Crippen LogP contribution < -0.4 is 16.3 Å². The molecule has 0 unspecified atom stereocenters. The van der Waals surface area contributed by atoms with E-state index in [2.05, 4.69) is 10.4 Å². The highest BCUT2D eigenvalue weighted by Crippen LogP contribution is 2.16. The molecule has 0 radical (unpaired) electrons. The number of amides is 3. The summed E-state index contributed by atoms with van der Waals surface area (Å²) in [6, 6.07) is 4.89. The summed E-state index contributed by atoms with van der Waals surface area (Å²) in [6.07, 6.45) is -4.62. The number of alkyl halides is 3. The van der Waals surface area contributed by atoms with Crippen molar-refractivity contribution in [2.45, 2.75) is 12.7 Å². The Kier molecular flexibility index (Phi) is 5.41. The van der Waals surface area contributed by atoms with Crippen LogP contribution in [-0.4, -0.2) is 44.4 Å². The molecule has 0 spiro atoms. The Morgan fingerprint density at radius 2 is 1.88 bits per heavy atom. The number of benzene rings is 1. The number of urea groups is 1. The summed E-state index contributed by atoms with van der Waals surface area (Å²) < 4.78 is 37.3. The van der Waals surface area contributed by atoms with E-state index in [1.807, 2.05) is 0 Å². The predicted octanol–water partition coefficient (Wildman–Crippen LogP) is 0.470. The topological polar surface area (TPSA) is 111 Å². The highest BCUT2D eigenvalue weighted by atomic mass is 35.5. The molecule has 1 aromatic heterocycles. The van der Waals surface area contributed by atoms with Crippen LogP contribution in [-0.2, 0) is 11.3 Å². The lowest BCUT2D eigenvalue weighted by molar-refractivity contribution is -0.125. The fourth-order valence-corrected chi connectivity index (χ4v) is 1.89. The van der Waals surface area contributed by atoms with Gasteiger partial charge in [0, 0.05) is 0 Å². The average Bonchev–Trinajstić information content (AvgIpc) is 2.86. The number of hydrogen-bond acceptors (Lipinski definition) is 5. The van der Waals surface area contributed by atoms with Crippen molar-refractivity contribution in [1.29, 1.82) is 0 Å². The molecule has 0 aliphatic heterocycles. The molecular formula is C12H10ClF3N6O3. The third-order valence-electron chi connectivity index (χ3n) is 2.72. The molecule has 134 valence electrons. The van der Waals surface area contributed by atoms with Gasteiger partial charge >= 0.3 is 17.9 Å². The van der Waals surface area contributed by atoms with Gasteiger partial charge in [-0.1, -0.05) is 23.7 Å². The first-order valence-corrected chi connectivity index (χ1v) is 6.97. The van der Waals surface area contributed by atoms with Crippen LogP contribution in [0.25, 0.3) is 5.69 Å². The van der Waals surface area contributed by atoms with E-state index in [-0.39, 0.29) is 10.7 Å². The summed E-state index contributed by atoms with van der Waals surface area (Å²) >= 11 is 5.93. The highest BCUT2D eigenvalue weighted by Gasteiger charge is 2.28. The SMILES string of the molecule is O=C(Cn1nnn(-c2ccccc2Cl)c1=O)NC(=O)NCC(F)(F)F. The maximum Gasteiger partial charge on any atom is 0.405 e. The second-order valence-corrected chi connectivity index (χ2v) is 5.04. The zero-order valence-corrected chi connectivity index (χ0v) is 13.0. The largest absolute Gasteiger partial charge is 0.405 e. The normalized spacial score (nSPS) is 11.2. The molecule has 2 rings (SSSR count). The number of imide groups is 1. The molecule has 2 N–H and O–H groups in total. The Hall–Kier alpha value is -2.89. The van der Waals surface area contributed by atoms with Crippen molar-refractivity contribution in [3.05, 3.63) is 39.8 Å². The maximum atomic E-state index is 12.1. The number of rotatable bonds is 4. The molecule has 25 heavy (non-hydrogen) atoms. The lowest BCUT2D eigenvalue weighted by Crippen LogP contribution is -2.45. The number of carbonyl (C=O) groups is 2. The van der Waals surface area contributed by atoms with Gasteiger partial charge in [0.1, 0.15) is 13.1 Å². The fourth-order valence-electron chi connectivity index (χ4n) is 1.67. The van der Waals surface area contributed by atoms with Gasteiger partial charge in [-0.25, -0.2) is 9.59 Å². The number of carbonyl (C=O) groups excluding carboxylic acids is 2. The molecule has 0 atom stereocenters. The number of halogens is 4. The number of hydrogen-bond donors (Lipinski definition) is 2. The third kappa shape index (κ3) is 5.04. The van der Waals surface area contributed by atoms with Gasteiger partial charge in [0.2, 0.25) is 5.91 Å². The maximum absolute atomic E-state index is 12.1. The Morgan fingerprint density at radius 3 is 2.52 bits per heavy atom. The molecule has 1 aromatic carbocycles. The molecule has 0 saturated carbocycles. The van der Waals surface area contributed by atoms with Crippen molar-refractivity contribution >= 4 is 23.5 Å². The second-order valence-electron chi connectivity index (χ2n) is 4.63. The van der Waals surface area contributed by atoms with Crippen molar-refractivity contribution in [2.24, 2.45) is 0 Å². The predicted molar refractivity (Wildman–Crippen MR) is 78.2 cm³/mol. The zero-order chi connectivity index (χ0) is 18.6. The Bertz CT molecular complexity index is 847. The summed E-state index contributed by atoms with van der Waals surface area (Å²) in [5.41, 5.74) is -0.595. The van der Waals surface area contributed by atoms with Crippen molar-refractivity contribution < 1.29 is 22.8 Å². The summed E-state index contributed by atoms with van der Waals surface area (Å²) in [5, 5.41) is 10.3. The van der Waals surface area contributed by atoms with Gasteiger partial charge in [-0.15, -0.1) is 0 Å². The van der Waals surface area contributed by atoms with Crippen LogP contribution in [0.4, 0.5) is 18.0 Å². The molecule has 2 aromatic rings. The molecule has 0 bridgehead atoms. The van der Waals surface area contributed by atoms with Gasteiger partial charge in [0.05, 0.1) is 10.7 Å². The van der Waals surface area contributed by atoms with Crippen LogP contribution in [0.3, 0.4) is 0 Å². The smallest absolute Gasteiger partial charge is 0.329 e. The Morgan fingerprint density at radius 1 is 1.20 bits per heavy atom. The van der Waals surface area contributed by atoms with Gasteiger partial charge in [0.15, 0.2) is 0 Å². The summed E-state index contributed by atoms with van der Waals surface area (Å²) in [5.74, 6) is -1.05. The average molecular weight is 379 g/mol. The van der Waals surface area contributed by atoms with E-state index in [1.54, 1.807) is 17.4 Å². The summed E-state index contributed by atoms with van der Waals surface area (Å²) in [7, 11) is 0. The molecule has 3 amide bonds. The van der Waals surface area contributed by atoms with Gasteiger partial charge < -0.3 is 5.32 Å². The van der Waals surface area contributed by atoms with Crippen molar-refractivity contribution in [3.63, 3.8) is 0 Å². The molecule has 0 saturated heterocycles. The minimum atomic E-state index is -4.62. The van der Waals surface area contributed by atoms with Gasteiger partial charge in [-0.3, -0.25) is 10.1 Å². The molecule has 1 heterocycles. The molecule has 9 nitrogen and oxygen atoms in total. The minimum absolute atomic E-state index is 0.215. The quantitative estimate of drug-likeness (QED) is 0.803.